The number of hydrogen-bond donors (Lipinski definition) is 1. The second-order valence-electron chi connectivity index (χ2n) is 6.62. The molecule has 0 aliphatic carbocycles. The molecule has 0 saturated carbocycles. The van der Waals surface area contributed by atoms with Crippen LogP contribution in [-0.4, -0.2) is 31.8 Å². The van der Waals surface area contributed by atoms with Crippen molar-refractivity contribution in [3.63, 3.8) is 0 Å². The van der Waals surface area contributed by atoms with Gasteiger partial charge in [0.05, 0.1) is 13.7 Å². The molecule has 1 heterocycles. The molecule has 0 radical (unpaired) electrons. The minimum absolute atomic E-state index is 0.137. The van der Waals surface area contributed by atoms with Crippen LogP contribution in [-0.2, 0) is 6.42 Å². The van der Waals surface area contributed by atoms with Crippen LogP contribution in [0.5, 0.6) is 17.2 Å². The van der Waals surface area contributed by atoms with E-state index in [0.717, 1.165) is 29.2 Å². The Morgan fingerprint density at radius 2 is 1.96 bits per heavy atom. The third-order valence-electron chi connectivity index (χ3n) is 4.05. The Morgan fingerprint density at radius 3 is 2.68 bits per heavy atom. The maximum absolute atomic E-state index is 12.1. The topological polar surface area (TPSA) is 56.8 Å². The quantitative estimate of drug-likeness (QED) is 0.820. The molecule has 5 nitrogen and oxygen atoms in total. The van der Waals surface area contributed by atoms with Gasteiger partial charge in [-0.15, -0.1) is 0 Å². The van der Waals surface area contributed by atoms with Gasteiger partial charge in [-0.2, -0.15) is 0 Å². The highest BCUT2D eigenvalue weighted by atomic mass is 16.5. The fraction of sp³-hybridized carbons (Fsp3) is 0.350. The van der Waals surface area contributed by atoms with Crippen molar-refractivity contribution in [1.82, 2.24) is 5.32 Å². The number of methoxy groups -OCH3 is 1. The molecule has 0 unspecified atom stereocenters. The molecule has 1 N–H and O–H groups in total. The summed E-state index contributed by atoms with van der Waals surface area (Å²) in [5, 5.41) is 2.85. The SMILES string of the molecule is COc1ccc(C(=O)NCCOc2cccc3c2OC(C)(C)C3)cc1. The van der Waals surface area contributed by atoms with Gasteiger partial charge in [0.15, 0.2) is 11.5 Å². The van der Waals surface area contributed by atoms with Crippen molar-refractivity contribution >= 4 is 5.91 Å². The highest BCUT2D eigenvalue weighted by Crippen LogP contribution is 2.41. The summed E-state index contributed by atoms with van der Waals surface area (Å²) < 4.78 is 16.9. The number of nitrogens with one attached hydrogen (secondary N) is 1. The lowest BCUT2D eigenvalue weighted by Crippen LogP contribution is -2.28. The lowest BCUT2D eigenvalue weighted by atomic mass is 10.0. The van der Waals surface area contributed by atoms with Crippen molar-refractivity contribution in [3.8, 4) is 17.2 Å². The Kier molecular flexibility index (Phi) is 4.83. The lowest BCUT2D eigenvalue weighted by molar-refractivity contribution is 0.0946. The molecule has 0 aromatic heterocycles. The van der Waals surface area contributed by atoms with Gasteiger partial charge in [-0.3, -0.25) is 4.79 Å². The Labute approximate surface area is 147 Å². The van der Waals surface area contributed by atoms with E-state index in [9.17, 15) is 4.79 Å². The molecule has 1 aliphatic rings. The van der Waals surface area contributed by atoms with E-state index in [1.54, 1.807) is 31.4 Å². The molecule has 2 aromatic rings. The molecule has 5 heteroatoms. The fourth-order valence-corrected chi connectivity index (χ4v) is 2.87. The van der Waals surface area contributed by atoms with Gasteiger partial charge in [0.2, 0.25) is 0 Å². The number of benzene rings is 2. The van der Waals surface area contributed by atoms with Crippen LogP contribution in [0.3, 0.4) is 0 Å². The second kappa shape index (κ2) is 7.05. The molecule has 1 aliphatic heterocycles. The zero-order valence-corrected chi connectivity index (χ0v) is 14.8. The molecular weight excluding hydrogens is 318 g/mol. The van der Waals surface area contributed by atoms with Crippen LogP contribution in [0.2, 0.25) is 0 Å². The summed E-state index contributed by atoms with van der Waals surface area (Å²) in [5.74, 6) is 2.12. The Hall–Kier alpha value is -2.69. The Morgan fingerprint density at radius 1 is 1.20 bits per heavy atom. The molecule has 0 saturated heterocycles. The first-order chi connectivity index (χ1) is 12.0. The Bertz CT molecular complexity index is 753. The van der Waals surface area contributed by atoms with Gasteiger partial charge in [0.1, 0.15) is 18.0 Å². The van der Waals surface area contributed by atoms with E-state index in [1.165, 1.54) is 0 Å². The van der Waals surface area contributed by atoms with Crippen LogP contribution in [0, 0.1) is 0 Å². The van der Waals surface area contributed by atoms with E-state index in [4.69, 9.17) is 14.2 Å². The van der Waals surface area contributed by atoms with Crippen LogP contribution < -0.4 is 19.5 Å². The van der Waals surface area contributed by atoms with Crippen LogP contribution in [0.15, 0.2) is 42.5 Å². The summed E-state index contributed by atoms with van der Waals surface area (Å²) in [5.41, 5.74) is 1.54. The van der Waals surface area contributed by atoms with Crippen molar-refractivity contribution in [1.29, 1.82) is 0 Å². The van der Waals surface area contributed by atoms with Gasteiger partial charge < -0.3 is 19.5 Å². The predicted octanol–water partition coefficient (Wildman–Crippen LogP) is 3.22. The van der Waals surface area contributed by atoms with Crippen molar-refractivity contribution < 1.29 is 19.0 Å². The third kappa shape index (κ3) is 4.05. The first-order valence-electron chi connectivity index (χ1n) is 8.34. The lowest BCUT2D eigenvalue weighted by Gasteiger charge is -2.18. The smallest absolute Gasteiger partial charge is 0.251 e. The van der Waals surface area contributed by atoms with Crippen molar-refractivity contribution in [3.05, 3.63) is 53.6 Å². The maximum Gasteiger partial charge on any atom is 0.251 e. The molecule has 0 atom stereocenters. The highest BCUT2D eigenvalue weighted by molar-refractivity contribution is 5.94. The zero-order valence-electron chi connectivity index (χ0n) is 14.8. The normalized spacial score (nSPS) is 14.4. The van der Waals surface area contributed by atoms with Gasteiger partial charge >= 0.3 is 0 Å². The second-order valence-corrected chi connectivity index (χ2v) is 6.62. The van der Waals surface area contributed by atoms with Crippen LogP contribution in [0.1, 0.15) is 29.8 Å². The predicted molar refractivity (Wildman–Crippen MR) is 95.7 cm³/mol. The number of carbonyl (C=O) groups is 1. The summed E-state index contributed by atoms with van der Waals surface area (Å²) in [6, 6.07) is 12.9. The van der Waals surface area contributed by atoms with Gasteiger partial charge in [-0.05, 0) is 44.2 Å². The zero-order chi connectivity index (χ0) is 17.9. The summed E-state index contributed by atoms with van der Waals surface area (Å²) in [6.07, 6.45) is 0.869. The molecule has 0 fully saturated rings. The number of rotatable bonds is 6. The van der Waals surface area contributed by atoms with Gasteiger partial charge in [-0.1, -0.05) is 12.1 Å². The minimum atomic E-state index is -0.204. The standard InChI is InChI=1S/C20H23NO4/c1-20(2)13-15-5-4-6-17(18(15)25-20)24-12-11-21-19(22)14-7-9-16(23-3)10-8-14/h4-10H,11-13H2,1-3H3,(H,21,22). The first kappa shape index (κ1) is 17.1. The molecule has 2 aromatic carbocycles. The van der Waals surface area contributed by atoms with Crippen molar-refractivity contribution in [2.75, 3.05) is 20.3 Å². The summed E-state index contributed by atoms with van der Waals surface area (Å²) in [4.78, 5) is 12.1. The number of para-hydroxylation sites is 1. The fourth-order valence-electron chi connectivity index (χ4n) is 2.87. The van der Waals surface area contributed by atoms with Crippen LogP contribution in [0.4, 0.5) is 0 Å². The minimum Gasteiger partial charge on any atom is -0.497 e. The van der Waals surface area contributed by atoms with E-state index >= 15 is 0 Å². The number of hydrogen-bond acceptors (Lipinski definition) is 4. The first-order valence-corrected chi connectivity index (χ1v) is 8.34. The molecule has 25 heavy (non-hydrogen) atoms. The molecule has 0 spiro atoms. The number of fused-ring (bicyclic) bond motifs is 1. The van der Waals surface area contributed by atoms with Crippen molar-refractivity contribution in [2.45, 2.75) is 25.9 Å². The van der Waals surface area contributed by atoms with E-state index in [-0.39, 0.29) is 11.5 Å². The van der Waals surface area contributed by atoms with E-state index in [1.807, 2.05) is 12.1 Å². The molecule has 3 rings (SSSR count). The number of amides is 1. The summed E-state index contributed by atoms with van der Waals surface area (Å²) >= 11 is 0. The summed E-state index contributed by atoms with van der Waals surface area (Å²) in [6.45, 7) is 4.91. The van der Waals surface area contributed by atoms with Gasteiger partial charge in [0.25, 0.3) is 5.91 Å². The van der Waals surface area contributed by atoms with Crippen LogP contribution >= 0.6 is 0 Å². The average molecular weight is 341 g/mol. The van der Waals surface area contributed by atoms with Crippen molar-refractivity contribution in [2.24, 2.45) is 0 Å². The molecular formula is C20H23NO4. The van der Waals surface area contributed by atoms with Gasteiger partial charge in [0, 0.05) is 17.5 Å². The van der Waals surface area contributed by atoms with E-state index in [0.29, 0.717) is 18.7 Å². The van der Waals surface area contributed by atoms with Crippen LogP contribution in [0.25, 0.3) is 0 Å². The van der Waals surface area contributed by atoms with Gasteiger partial charge in [-0.25, -0.2) is 0 Å². The van der Waals surface area contributed by atoms with E-state index < -0.39 is 0 Å². The largest absolute Gasteiger partial charge is 0.497 e. The average Bonchev–Trinajstić information content (AvgIpc) is 2.93. The molecule has 1 amide bonds. The molecule has 132 valence electrons. The molecule has 0 bridgehead atoms. The van der Waals surface area contributed by atoms with E-state index in [2.05, 4.69) is 25.2 Å². The summed E-state index contributed by atoms with van der Waals surface area (Å²) in [7, 11) is 1.59. The number of carbonyl (C=O) groups excluding carboxylic acids is 1. The third-order valence-corrected chi connectivity index (χ3v) is 4.05. The maximum atomic E-state index is 12.1. The number of ether oxygens (including phenoxy) is 3. The monoisotopic (exact) mass is 341 g/mol. The highest BCUT2D eigenvalue weighted by Gasteiger charge is 2.32. The Balaban J connectivity index is 1.51.